The Morgan fingerprint density at radius 1 is 1.35 bits per heavy atom. The molecule has 0 aliphatic rings. The van der Waals surface area contributed by atoms with Crippen LogP contribution < -0.4 is 0 Å². The van der Waals surface area contributed by atoms with Gasteiger partial charge < -0.3 is 4.74 Å². The molecule has 0 spiro atoms. The van der Waals surface area contributed by atoms with Crippen LogP contribution in [0.5, 0.6) is 0 Å². The van der Waals surface area contributed by atoms with Crippen molar-refractivity contribution in [2.24, 2.45) is 0 Å². The molecule has 1 rings (SSSR count). The number of halogens is 1. The van der Waals surface area contributed by atoms with Crippen LogP contribution in [0, 0.1) is 12.7 Å². The number of esters is 1. The molecule has 0 aromatic heterocycles. The summed E-state index contributed by atoms with van der Waals surface area (Å²) in [6.07, 6.45) is 2.84. The van der Waals surface area contributed by atoms with Gasteiger partial charge in [-0.2, -0.15) is 0 Å². The lowest BCUT2D eigenvalue weighted by Gasteiger charge is -2.17. The Morgan fingerprint density at radius 2 is 2.00 bits per heavy atom. The number of ether oxygens (including phenoxy) is 1. The van der Waals surface area contributed by atoms with Crippen molar-refractivity contribution in [1.29, 1.82) is 0 Å². The second-order valence-corrected chi connectivity index (χ2v) is 4.88. The zero-order valence-electron chi connectivity index (χ0n) is 10.6. The SMILES string of the molecule is Cc1ccc(C=CC(=O)OC(C)(C)C)cc1F. The smallest absolute Gasteiger partial charge is 0.331 e. The molecule has 0 heterocycles. The first-order chi connectivity index (χ1) is 7.78. The zero-order valence-corrected chi connectivity index (χ0v) is 10.6. The Balaban J connectivity index is 2.71. The molecule has 1 aromatic carbocycles. The van der Waals surface area contributed by atoms with Crippen LogP contribution in [0.25, 0.3) is 6.08 Å². The monoisotopic (exact) mass is 236 g/mol. The molecule has 2 nitrogen and oxygen atoms in total. The van der Waals surface area contributed by atoms with Crippen molar-refractivity contribution in [3.8, 4) is 0 Å². The fraction of sp³-hybridized carbons (Fsp3) is 0.357. The lowest BCUT2D eigenvalue weighted by Crippen LogP contribution is -2.22. The van der Waals surface area contributed by atoms with E-state index in [0.29, 0.717) is 11.1 Å². The molecule has 92 valence electrons. The first-order valence-corrected chi connectivity index (χ1v) is 5.45. The van der Waals surface area contributed by atoms with Crippen LogP contribution in [-0.4, -0.2) is 11.6 Å². The summed E-state index contributed by atoms with van der Waals surface area (Å²) in [5.74, 6) is -0.713. The van der Waals surface area contributed by atoms with E-state index in [1.807, 2.05) is 0 Å². The highest BCUT2D eigenvalue weighted by Crippen LogP contribution is 2.12. The van der Waals surface area contributed by atoms with Gasteiger partial charge in [0.05, 0.1) is 0 Å². The highest BCUT2D eigenvalue weighted by molar-refractivity contribution is 5.87. The van der Waals surface area contributed by atoms with Crippen molar-refractivity contribution < 1.29 is 13.9 Å². The van der Waals surface area contributed by atoms with E-state index in [4.69, 9.17) is 4.74 Å². The molecule has 0 N–H and O–H groups in total. The van der Waals surface area contributed by atoms with E-state index in [0.717, 1.165) is 0 Å². The molecule has 0 saturated carbocycles. The van der Waals surface area contributed by atoms with E-state index < -0.39 is 11.6 Å². The number of carbonyl (C=O) groups is 1. The third-order valence-corrected chi connectivity index (χ3v) is 2.01. The minimum absolute atomic E-state index is 0.281. The maximum atomic E-state index is 13.2. The number of rotatable bonds is 2. The molecule has 0 saturated heterocycles. The second kappa shape index (κ2) is 5.13. The standard InChI is InChI=1S/C14H17FO2/c1-10-5-6-11(9-12(10)15)7-8-13(16)17-14(2,3)4/h5-9H,1-4H3. The van der Waals surface area contributed by atoms with E-state index in [9.17, 15) is 9.18 Å². The Bertz CT molecular complexity index is 442. The van der Waals surface area contributed by atoms with Gasteiger partial charge in [0.2, 0.25) is 0 Å². The summed E-state index contributed by atoms with van der Waals surface area (Å²) in [5, 5.41) is 0. The van der Waals surface area contributed by atoms with Gasteiger partial charge in [-0.1, -0.05) is 12.1 Å². The second-order valence-electron chi connectivity index (χ2n) is 4.88. The lowest BCUT2D eigenvalue weighted by atomic mass is 10.1. The maximum Gasteiger partial charge on any atom is 0.331 e. The molecular formula is C14H17FO2. The van der Waals surface area contributed by atoms with E-state index in [2.05, 4.69) is 0 Å². The molecule has 3 heteroatoms. The molecule has 0 radical (unpaired) electrons. The normalized spacial score (nSPS) is 11.8. The summed E-state index contributed by atoms with van der Waals surface area (Å²) in [7, 11) is 0. The summed E-state index contributed by atoms with van der Waals surface area (Å²) in [4.78, 5) is 11.4. The van der Waals surface area contributed by atoms with Crippen molar-refractivity contribution in [2.75, 3.05) is 0 Å². The summed E-state index contributed by atoms with van der Waals surface area (Å²) in [5.41, 5.74) is 0.707. The third-order valence-electron chi connectivity index (χ3n) is 2.01. The number of hydrogen-bond donors (Lipinski definition) is 0. The molecule has 0 unspecified atom stereocenters. The van der Waals surface area contributed by atoms with Crippen LogP contribution in [0.2, 0.25) is 0 Å². The Labute approximate surface area is 101 Å². The average molecular weight is 236 g/mol. The molecule has 0 atom stereocenters. The summed E-state index contributed by atoms with van der Waals surface area (Å²) >= 11 is 0. The number of hydrogen-bond acceptors (Lipinski definition) is 2. The van der Waals surface area contributed by atoms with Crippen LogP contribution >= 0.6 is 0 Å². The van der Waals surface area contributed by atoms with Gasteiger partial charge in [0.15, 0.2) is 0 Å². The molecule has 0 amide bonds. The van der Waals surface area contributed by atoms with Crippen molar-refractivity contribution in [2.45, 2.75) is 33.3 Å². The van der Waals surface area contributed by atoms with Gasteiger partial charge in [0, 0.05) is 6.08 Å². The largest absolute Gasteiger partial charge is 0.457 e. The van der Waals surface area contributed by atoms with E-state index in [1.165, 1.54) is 18.2 Å². The highest BCUT2D eigenvalue weighted by Gasteiger charge is 2.13. The molecular weight excluding hydrogens is 219 g/mol. The van der Waals surface area contributed by atoms with Crippen molar-refractivity contribution >= 4 is 12.0 Å². The maximum absolute atomic E-state index is 13.2. The van der Waals surface area contributed by atoms with Gasteiger partial charge >= 0.3 is 5.97 Å². The third kappa shape index (κ3) is 4.81. The predicted octanol–water partition coefficient (Wildman–Crippen LogP) is 3.49. The average Bonchev–Trinajstić information content (AvgIpc) is 2.17. The van der Waals surface area contributed by atoms with Crippen molar-refractivity contribution in [3.05, 3.63) is 41.2 Å². The molecule has 17 heavy (non-hydrogen) atoms. The number of carbonyl (C=O) groups excluding carboxylic acids is 1. The van der Waals surface area contributed by atoms with Gasteiger partial charge in [0.1, 0.15) is 11.4 Å². The first-order valence-electron chi connectivity index (χ1n) is 5.45. The Hall–Kier alpha value is -1.64. The Morgan fingerprint density at radius 3 is 2.53 bits per heavy atom. The van der Waals surface area contributed by atoms with Gasteiger partial charge in [0.25, 0.3) is 0 Å². The minimum atomic E-state index is -0.514. The van der Waals surface area contributed by atoms with Crippen LogP contribution in [-0.2, 0) is 9.53 Å². The molecule has 0 aliphatic heterocycles. The van der Waals surface area contributed by atoms with Crippen LogP contribution in [0.1, 0.15) is 31.9 Å². The topological polar surface area (TPSA) is 26.3 Å². The summed E-state index contributed by atoms with van der Waals surface area (Å²) in [6.45, 7) is 7.08. The summed E-state index contributed by atoms with van der Waals surface area (Å²) in [6, 6.07) is 4.81. The van der Waals surface area contributed by atoms with E-state index in [1.54, 1.807) is 39.8 Å². The van der Waals surface area contributed by atoms with Crippen molar-refractivity contribution in [1.82, 2.24) is 0 Å². The van der Waals surface area contributed by atoms with Crippen LogP contribution in [0.4, 0.5) is 4.39 Å². The van der Waals surface area contributed by atoms with Gasteiger partial charge in [-0.05, 0) is 51.0 Å². The minimum Gasteiger partial charge on any atom is -0.457 e. The highest BCUT2D eigenvalue weighted by atomic mass is 19.1. The number of benzene rings is 1. The first kappa shape index (κ1) is 13.4. The Kier molecular flexibility index (Phi) is 4.05. The van der Waals surface area contributed by atoms with E-state index >= 15 is 0 Å². The lowest BCUT2D eigenvalue weighted by molar-refractivity contribution is -0.148. The summed E-state index contributed by atoms with van der Waals surface area (Å²) < 4.78 is 18.3. The predicted molar refractivity (Wildman–Crippen MR) is 66.0 cm³/mol. The van der Waals surface area contributed by atoms with Gasteiger partial charge in [-0.3, -0.25) is 0 Å². The quantitative estimate of drug-likeness (QED) is 0.580. The number of aryl methyl sites for hydroxylation is 1. The van der Waals surface area contributed by atoms with Gasteiger partial charge in [-0.15, -0.1) is 0 Å². The molecule has 0 aliphatic carbocycles. The fourth-order valence-electron chi connectivity index (χ4n) is 1.21. The van der Waals surface area contributed by atoms with Crippen molar-refractivity contribution in [3.63, 3.8) is 0 Å². The van der Waals surface area contributed by atoms with Crippen LogP contribution in [0.15, 0.2) is 24.3 Å². The van der Waals surface area contributed by atoms with Crippen LogP contribution in [0.3, 0.4) is 0 Å². The zero-order chi connectivity index (χ0) is 13.1. The van der Waals surface area contributed by atoms with Gasteiger partial charge in [-0.25, -0.2) is 9.18 Å². The molecule has 0 bridgehead atoms. The molecule has 0 fully saturated rings. The fourth-order valence-corrected chi connectivity index (χ4v) is 1.21. The van der Waals surface area contributed by atoms with E-state index in [-0.39, 0.29) is 5.82 Å². The molecule has 1 aromatic rings.